The molecule has 0 atom stereocenters. The molecule has 10 aromatic rings. The number of nitrogens with zero attached hydrogens (tertiary/aromatic N) is 3. The predicted molar refractivity (Wildman–Crippen MR) is 227 cm³/mol. The van der Waals surface area contributed by atoms with Crippen molar-refractivity contribution in [1.82, 2.24) is 14.5 Å². The maximum Gasteiger partial charge on any atom is 0.160 e. The summed E-state index contributed by atoms with van der Waals surface area (Å²) in [4.78, 5) is 10.4. The quantitative estimate of drug-likeness (QED) is 0.183. The van der Waals surface area contributed by atoms with E-state index in [4.69, 9.17) is 14.4 Å². The number of hydrogen-bond donors (Lipinski definition) is 0. The van der Waals surface area contributed by atoms with Gasteiger partial charge < -0.3 is 8.98 Å². The van der Waals surface area contributed by atoms with E-state index in [9.17, 15) is 0 Å². The zero-order valence-corrected chi connectivity index (χ0v) is 31.2. The number of fused-ring (bicyclic) bond motifs is 9. The molecular formula is C51H37N3O. The minimum atomic E-state index is -0.209. The molecular weight excluding hydrogens is 671 g/mol. The van der Waals surface area contributed by atoms with Crippen LogP contribution >= 0.6 is 0 Å². The molecule has 0 N–H and O–H groups in total. The maximum absolute atomic E-state index is 6.38. The fourth-order valence-electron chi connectivity index (χ4n) is 9.04. The van der Waals surface area contributed by atoms with Crippen molar-refractivity contribution in [3.8, 4) is 50.7 Å². The smallest absolute Gasteiger partial charge is 0.160 e. The molecule has 0 bridgehead atoms. The number of hydrogen-bond acceptors (Lipinski definition) is 3. The van der Waals surface area contributed by atoms with Crippen molar-refractivity contribution in [2.45, 2.75) is 33.1 Å². The monoisotopic (exact) mass is 707 g/mol. The molecule has 0 aliphatic heterocycles. The molecule has 0 saturated heterocycles. The highest BCUT2D eigenvalue weighted by molar-refractivity contribution is 6.13. The first-order chi connectivity index (χ1) is 26.8. The molecule has 1 aliphatic carbocycles. The van der Waals surface area contributed by atoms with Gasteiger partial charge in [0.15, 0.2) is 5.82 Å². The highest BCUT2D eigenvalue weighted by atomic mass is 16.3. The zero-order valence-electron chi connectivity index (χ0n) is 31.2. The average Bonchev–Trinajstić information content (AvgIpc) is 3.82. The first kappa shape index (κ1) is 31.7. The Labute approximate surface area is 319 Å². The van der Waals surface area contributed by atoms with Crippen LogP contribution in [-0.2, 0) is 5.41 Å². The number of benzene rings is 7. The fraction of sp³-hybridized carbons (Fsp3) is 0.0980. The van der Waals surface area contributed by atoms with E-state index in [-0.39, 0.29) is 5.41 Å². The minimum absolute atomic E-state index is 0.209. The van der Waals surface area contributed by atoms with Gasteiger partial charge in [0.05, 0.1) is 22.4 Å². The highest BCUT2D eigenvalue weighted by Gasteiger charge is 2.37. The summed E-state index contributed by atoms with van der Waals surface area (Å²) in [6.07, 6.45) is 0. The summed E-state index contributed by atoms with van der Waals surface area (Å²) in [7, 11) is 0. The van der Waals surface area contributed by atoms with Gasteiger partial charge in [-0.15, -0.1) is 0 Å². The van der Waals surface area contributed by atoms with Crippen molar-refractivity contribution < 1.29 is 4.42 Å². The molecule has 0 amide bonds. The Morgan fingerprint density at radius 3 is 1.78 bits per heavy atom. The summed E-state index contributed by atoms with van der Waals surface area (Å²) in [6, 6.07) is 54.2. The van der Waals surface area contributed by atoms with Crippen LogP contribution in [0.15, 0.2) is 156 Å². The Bertz CT molecular complexity index is 3130. The van der Waals surface area contributed by atoms with Crippen molar-refractivity contribution in [3.63, 3.8) is 0 Å². The number of aryl methyl sites for hydroxylation is 2. The van der Waals surface area contributed by atoms with Crippen LogP contribution < -0.4 is 0 Å². The predicted octanol–water partition coefficient (Wildman–Crippen LogP) is 13.4. The summed E-state index contributed by atoms with van der Waals surface area (Å²) in [5.41, 5.74) is 17.7. The topological polar surface area (TPSA) is 43.9 Å². The highest BCUT2D eigenvalue weighted by Crippen LogP contribution is 2.53. The Morgan fingerprint density at radius 1 is 0.473 bits per heavy atom. The molecule has 4 nitrogen and oxygen atoms in total. The van der Waals surface area contributed by atoms with Crippen molar-refractivity contribution in [1.29, 1.82) is 0 Å². The molecule has 3 heterocycles. The second kappa shape index (κ2) is 11.6. The molecule has 1 aliphatic rings. The summed E-state index contributed by atoms with van der Waals surface area (Å²) < 4.78 is 8.84. The zero-order chi connectivity index (χ0) is 37.0. The average molecular weight is 708 g/mol. The lowest BCUT2D eigenvalue weighted by Gasteiger charge is -2.22. The third-order valence-corrected chi connectivity index (χ3v) is 11.9. The molecule has 0 spiro atoms. The van der Waals surface area contributed by atoms with E-state index in [0.717, 1.165) is 67.3 Å². The van der Waals surface area contributed by atoms with Crippen LogP contribution in [-0.4, -0.2) is 14.5 Å². The van der Waals surface area contributed by atoms with Crippen LogP contribution in [0.3, 0.4) is 0 Å². The standard InChI is InChI=1S/C51H37N3O/c1-30-24-46(31(2)23-36(30)50-52-43(32-15-7-5-8-16-32)29-44(53-50)33-17-9-6-10-18-33)54-45-21-13-11-19-34(45)39-25-37-38-26-40-35-20-12-14-22-48(35)55-49(40)28-42(38)51(3,4)41(37)27-47(39)54/h5-29H,1-4H3. The van der Waals surface area contributed by atoms with Gasteiger partial charge in [-0.1, -0.05) is 111 Å². The van der Waals surface area contributed by atoms with E-state index < -0.39 is 0 Å². The van der Waals surface area contributed by atoms with E-state index in [0.29, 0.717) is 0 Å². The van der Waals surface area contributed by atoms with E-state index in [1.54, 1.807) is 0 Å². The molecule has 0 radical (unpaired) electrons. The molecule has 0 fully saturated rings. The molecule has 4 heteroatoms. The lowest BCUT2D eigenvalue weighted by atomic mass is 9.82. The van der Waals surface area contributed by atoms with Gasteiger partial charge in [0.1, 0.15) is 11.2 Å². The Hall–Kier alpha value is -6.78. The van der Waals surface area contributed by atoms with Gasteiger partial charge in [-0.2, -0.15) is 0 Å². The van der Waals surface area contributed by atoms with Crippen molar-refractivity contribution in [3.05, 3.63) is 174 Å². The largest absolute Gasteiger partial charge is 0.456 e. The Kier molecular flexibility index (Phi) is 6.69. The van der Waals surface area contributed by atoms with Gasteiger partial charge >= 0.3 is 0 Å². The summed E-state index contributed by atoms with van der Waals surface area (Å²) in [6.45, 7) is 9.10. The third-order valence-electron chi connectivity index (χ3n) is 11.9. The van der Waals surface area contributed by atoms with E-state index in [1.807, 2.05) is 18.2 Å². The molecule has 0 unspecified atom stereocenters. The van der Waals surface area contributed by atoms with Gasteiger partial charge in [-0.3, -0.25) is 0 Å². The van der Waals surface area contributed by atoms with Crippen molar-refractivity contribution in [2.24, 2.45) is 0 Å². The van der Waals surface area contributed by atoms with Gasteiger partial charge in [-0.05, 0) is 102 Å². The third kappa shape index (κ3) is 4.71. The lowest BCUT2D eigenvalue weighted by molar-refractivity contribution is 0.647. The number of aromatic nitrogens is 3. The molecule has 0 saturated carbocycles. The molecule has 7 aromatic carbocycles. The summed E-state index contributed by atoms with van der Waals surface area (Å²) in [5.74, 6) is 0.727. The van der Waals surface area contributed by atoms with Crippen LogP contribution in [0.5, 0.6) is 0 Å². The van der Waals surface area contributed by atoms with E-state index in [2.05, 4.69) is 166 Å². The van der Waals surface area contributed by atoms with Gasteiger partial charge in [0.2, 0.25) is 0 Å². The van der Waals surface area contributed by atoms with Crippen LogP contribution in [0.4, 0.5) is 0 Å². The molecule has 3 aromatic heterocycles. The van der Waals surface area contributed by atoms with Crippen molar-refractivity contribution in [2.75, 3.05) is 0 Å². The molecule has 262 valence electrons. The number of para-hydroxylation sites is 2. The lowest BCUT2D eigenvalue weighted by Crippen LogP contribution is -2.15. The maximum atomic E-state index is 6.38. The van der Waals surface area contributed by atoms with E-state index >= 15 is 0 Å². The summed E-state index contributed by atoms with van der Waals surface area (Å²) in [5, 5.41) is 4.82. The SMILES string of the molecule is Cc1cc(-n2c3ccccc3c3cc4c(cc32)C(C)(C)c2cc3oc5ccccc5c3cc2-4)c(C)cc1-c1nc(-c2ccccc2)cc(-c2ccccc2)n1. The van der Waals surface area contributed by atoms with Gasteiger partial charge in [-0.25, -0.2) is 9.97 Å². The second-order valence-corrected chi connectivity index (χ2v) is 15.5. The van der Waals surface area contributed by atoms with Gasteiger partial charge in [0.25, 0.3) is 0 Å². The molecule has 55 heavy (non-hydrogen) atoms. The number of rotatable bonds is 4. The van der Waals surface area contributed by atoms with Crippen LogP contribution in [0, 0.1) is 13.8 Å². The first-order valence-electron chi connectivity index (χ1n) is 19.0. The summed E-state index contributed by atoms with van der Waals surface area (Å²) >= 11 is 0. The Morgan fingerprint density at radius 2 is 1.07 bits per heavy atom. The number of furan rings is 1. The molecule has 11 rings (SSSR count). The van der Waals surface area contributed by atoms with Gasteiger partial charge in [0, 0.05) is 49.3 Å². The second-order valence-electron chi connectivity index (χ2n) is 15.5. The Balaban J connectivity index is 1.10. The fourth-order valence-corrected chi connectivity index (χ4v) is 9.04. The van der Waals surface area contributed by atoms with E-state index in [1.165, 1.54) is 49.4 Å². The van der Waals surface area contributed by atoms with Crippen LogP contribution in [0.1, 0.15) is 36.1 Å². The van der Waals surface area contributed by atoms with Crippen molar-refractivity contribution >= 4 is 43.7 Å². The van der Waals surface area contributed by atoms with Crippen LogP contribution in [0.2, 0.25) is 0 Å². The first-order valence-corrected chi connectivity index (χ1v) is 19.0. The minimum Gasteiger partial charge on any atom is -0.456 e. The van der Waals surface area contributed by atoms with Crippen LogP contribution in [0.25, 0.3) is 94.5 Å². The normalized spacial score (nSPS) is 13.2.